The molecule has 1 aromatic heterocycles. The van der Waals surface area contributed by atoms with Gasteiger partial charge < -0.3 is 15.5 Å². The highest BCUT2D eigenvalue weighted by atomic mass is 16.2. The van der Waals surface area contributed by atoms with Gasteiger partial charge in [-0.2, -0.15) is 5.26 Å². The summed E-state index contributed by atoms with van der Waals surface area (Å²) in [6, 6.07) is 5.26. The second-order valence-corrected chi connectivity index (χ2v) is 4.04. The molecular formula is C12H15N5O. The van der Waals surface area contributed by atoms with Gasteiger partial charge in [0, 0.05) is 32.9 Å². The number of nitrogens with zero attached hydrogens (tertiary/aromatic N) is 3. The summed E-state index contributed by atoms with van der Waals surface area (Å²) in [7, 11) is 1.63. The third-order valence-corrected chi connectivity index (χ3v) is 2.96. The van der Waals surface area contributed by atoms with Gasteiger partial charge in [0.25, 0.3) is 0 Å². The molecule has 2 heterocycles. The SMILES string of the molecule is CNC(=O)C1CNCCN1c1ccc(C#N)cn1. The molecule has 18 heavy (non-hydrogen) atoms. The van der Waals surface area contributed by atoms with Gasteiger partial charge in [-0.05, 0) is 12.1 Å². The quantitative estimate of drug-likeness (QED) is 0.732. The predicted molar refractivity (Wildman–Crippen MR) is 67.0 cm³/mol. The number of pyridine rings is 1. The van der Waals surface area contributed by atoms with Crippen molar-refractivity contribution in [1.82, 2.24) is 15.6 Å². The van der Waals surface area contributed by atoms with Crippen LogP contribution in [0.5, 0.6) is 0 Å². The zero-order valence-electron chi connectivity index (χ0n) is 10.2. The predicted octanol–water partition coefficient (Wildman–Crippen LogP) is -0.523. The fourth-order valence-corrected chi connectivity index (χ4v) is 2.00. The molecule has 1 aliphatic rings. The first-order chi connectivity index (χ1) is 8.76. The van der Waals surface area contributed by atoms with Crippen molar-refractivity contribution in [3.8, 4) is 6.07 Å². The van der Waals surface area contributed by atoms with Gasteiger partial charge in [-0.25, -0.2) is 4.98 Å². The van der Waals surface area contributed by atoms with Crippen LogP contribution in [0, 0.1) is 11.3 Å². The topological polar surface area (TPSA) is 81.0 Å². The second-order valence-electron chi connectivity index (χ2n) is 4.04. The number of aromatic nitrogens is 1. The summed E-state index contributed by atoms with van der Waals surface area (Å²) in [5, 5.41) is 14.6. The third-order valence-electron chi connectivity index (χ3n) is 2.96. The van der Waals surface area contributed by atoms with Gasteiger partial charge in [0.05, 0.1) is 5.56 Å². The van der Waals surface area contributed by atoms with Crippen molar-refractivity contribution in [3.63, 3.8) is 0 Å². The first-order valence-electron chi connectivity index (χ1n) is 5.81. The van der Waals surface area contributed by atoms with Crippen LogP contribution in [0.3, 0.4) is 0 Å². The molecule has 0 aliphatic carbocycles. The van der Waals surface area contributed by atoms with Gasteiger partial charge in [0.15, 0.2) is 0 Å². The van der Waals surface area contributed by atoms with Gasteiger partial charge in [-0.3, -0.25) is 4.79 Å². The van der Waals surface area contributed by atoms with E-state index in [1.54, 1.807) is 19.2 Å². The van der Waals surface area contributed by atoms with Crippen molar-refractivity contribution in [1.29, 1.82) is 5.26 Å². The molecule has 0 aromatic carbocycles. The van der Waals surface area contributed by atoms with Crippen molar-refractivity contribution >= 4 is 11.7 Å². The lowest BCUT2D eigenvalue weighted by atomic mass is 10.1. The Morgan fingerprint density at radius 1 is 1.67 bits per heavy atom. The van der Waals surface area contributed by atoms with Gasteiger partial charge in [-0.1, -0.05) is 0 Å². The first kappa shape index (κ1) is 12.3. The monoisotopic (exact) mass is 245 g/mol. The number of nitriles is 1. The van der Waals surface area contributed by atoms with Crippen LogP contribution in [-0.4, -0.2) is 43.6 Å². The molecule has 1 amide bonds. The second kappa shape index (κ2) is 5.47. The Labute approximate surface area is 106 Å². The number of anilines is 1. The van der Waals surface area contributed by atoms with Crippen LogP contribution >= 0.6 is 0 Å². The van der Waals surface area contributed by atoms with E-state index < -0.39 is 0 Å². The minimum Gasteiger partial charge on any atom is -0.357 e. The lowest BCUT2D eigenvalue weighted by Gasteiger charge is -2.35. The zero-order chi connectivity index (χ0) is 13.0. The third kappa shape index (κ3) is 2.41. The summed E-state index contributed by atoms with van der Waals surface area (Å²) >= 11 is 0. The molecule has 1 aliphatic heterocycles. The van der Waals surface area contributed by atoms with E-state index in [-0.39, 0.29) is 11.9 Å². The maximum Gasteiger partial charge on any atom is 0.243 e. The molecular weight excluding hydrogens is 230 g/mol. The number of nitrogens with one attached hydrogen (secondary N) is 2. The normalized spacial score (nSPS) is 19.1. The van der Waals surface area contributed by atoms with E-state index in [0.29, 0.717) is 12.1 Å². The first-order valence-corrected chi connectivity index (χ1v) is 5.81. The summed E-state index contributed by atoms with van der Waals surface area (Å²) in [6.45, 7) is 2.13. The Bertz CT molecular complexity index is 464. The number of hydrogen-bond donors (Lipinski definition) is 2. The Morgan fingerprint density at radius 3 is 3.11 bits per heavy atom. The lowest BCUT2D eigenvalue weighted by molar-refractivity contribution is -0.122. The molecule has 2 N–H and O–H groups in total. The molecule has 0 radical (unpaired) electrons. The molecule has 2 rings (SSSR count). The van der Waals surface area contributed by atoms with Crippen molar-refractivity contribution in [2.24, 2.45) is 0 Å². The van der Waals surface area contributed by atoms with E-state index in [1.807, 2.05) is 11.0 Å². The van der Waals surface area contributed by atoms with Crippen LogP contribution in [0.25, 0.3) is 0 Å². The molecule has 1 atom stereocenters. The standard InChI is InChI=1S/C12H15N5O/c1-14-12(18)10-8-15-4-5-17(10)11-3-2-9(6-13)7-16-11/h2-3,7,10,15H,4-5,8H2,1H3,(H,14,18). The molecule has 1 fully saturated rings. The molecule has 0 bridgehead atoms. The molecule has 0 saturated carbocycles. The largest absolute Gasteiger partial charge is 0.357 e. The maximum absolute atomic E-state index is 11.8. The molecule has 94 valence electrons. The summed E-state index contributed by atoms with van der Waals surface area (Å²) in [5.41, 5.74) is 0.519. The minimum absolute atomic E-state index is 0.0339. The number of piperazine rings is 1. The van der Waals surface area contributed by atoms with E-state index in [1.165, 1.54) is 6.20 Å². The van der Waals surface area contributed by atoms with Crippen molar-refractivity contribution in [2.45, 2.75) is 6.04 Å². The molecule has 1 aromatic rings. The summed E-state index contributed by atoms with van der Waals surface area (Å²) in [6.07, 6.45) is 1.53. The minimum atomic E-state index is -0.260. The Kier molecular flexibility index (Phi) is 3.75. The number of hydrogen-bond acceptors (Lipinski definition) is 5. The highest BCUT2D eigenvalue weighted by Gasteiger charge is 2.28. The molecule has 1 unspecified atom stereocenters. The van der Waals surface area contributed by atoms with E-state index in [4.69, 9.17) is 5.26 Å². The van der Waals surface area contributed by atoms with Crippen LogP contribution in [0.1, 0.15) is 5.56 Å². The molecule has 6 heteroatoms. The zero-order valence-corrected chi connectivity index (χ0v) is 10.2. The van der Waals surface area contributed by atoms with E-state index >= 15 is 0 Å². The maximum atomic E-state index is 11.8. The molecule has 1 saturated heterocycles. The fourth-order valence-electron chi connectivity index (χ4n) is 2.00. The van der Waals surface area contributed by atoms with Gasteiger partial charge >= 0.3 is 0 Å². The molecule has 0 spiro atoms. The van der Waals surface area contributed by atoms with Crippen LogP contribution < -0.4 is 15.5 Å². The van der Waals surface area contributed by atoms with Crippen molar-refractivity contribution < 1.29 is 4.79 Å². The molecule has 6 nitrogen and oxygen atoms in total. The number of carbonyl (C=O) groups excluding carboxylic acids is 1. The van der Waals surface area contributed by atoms with E-state index in [0.717, 1.165) is 18.9 Å². The van der Waals surface area contributed by atoms with Crippen LogP contribution in [-0.2, 0) is 4.79 Å². The van der Waals surface area contributed by atoms with Crippen molar-refractivity contribution in [2.75, 3.05) is 31.6 Å². The van der Waals surface area contributed by atoms with E-state index in [2.05, 4.69) is 15.6 Å². The van der Waals surface area contributed by atoms with Gasteiger partial charge in [0.1, 0.15) is 17.9 Å². The van der Waals surface area contributed by atoms with Gasteiger partial charge in [0.2, 0.25) is 5.91 Å². The van der Waals surface area contributed by atoms with E-state index in [9.17, 15) is 4.79 Å². The summed E-state index contributed by atoms with van der Waals surface area (Å²) in [4.78, 5) is 18.0. The summed E-state index contributed by atoms with van der Waals surface area (Å²) in [5.74, 6) is 0.692. The fraction of sp³-hybridized carbons (Fsp3) is 0.417. The Morgan fingerprint density at radius 2 is 2.50 bits per heavy atom. The highest BCUT2D eigenvalue weighted by Crippen LogP contribution is 2.16. The Hall–Kier alpha value is -2.13. The average Bonchev–Trinajstić information content (AvgIpc) is 2.46. The number of carbonyl (C=O) groups is 1. The number of rotatable bonds is 2. The number of likely N-dealkylation sites (N-methyl/N-ethyl adjacent to an activating group) is 1. The number of amides is 1. The van der Waals surface area contributed by atoms with Crippen LogP contribution in [0.2, 0.25) is 0 Å². The van der Waals surface area contributed by atoms with Crippen LogP contribution in [0.15, 0.2) is 18.3 Å². The lowest BCUT2D eigenvalue weighted by Crippen LogP contribution is -2.57. The highest BCUT2D eigenvalue weighted by molar-refractivity contribution is 5.85. The Balaban J connectivity index is 2.22. The summed E-state index contributed by atoms with van der Waals surface area (Å²) < 4.78 is 0. The van der Waals surface area contributed by atoms with Crippen LogP contribution in [0.4, 0.5) is 5.82 Å². The van der Waals surface area contributed by atoms with Crippen molar-refractivity contribution in [3.05, 3.63) is 23.9 Å². The smallest absolute Gasteiger partial charge is 0.243 e. The van der Waals surface area contributed by atoms with Gasteiger partial charge in [-0.15, -0.1) is 0 Å². The average molecular weight is 245 g/mol.